The van der Waals surface area contributed by atoms with E-state index >= 15 is 0 Å². The molecule has 5 nitrogen and oxygen atoms in total. The molecule has 6 heteroatoms. The fourth-order valence-electron chi connectivity index (χ4n) is 3.34. The lowest BCUT2D eigenvalue weighted by Crippen LogP contribution is -2.10. The molecule has 0 saturated carbocycles. The van der Waals surface area contributed by atoms with E-state index < -0.39 is 0 Å². The monoisotopic (exact) mass is 428 g/mol. The number of anilines is 3. The number of nitrogens with zero attached hydrogens (tertiary/aromatic N) is 2. The smallest absolute Gasteiger partial charge is 0.161 e. The third-order valence-electron chi connectivity index (χ3n) is 5.01. The van der Waals surface area contributed by atoms with Gasteiger partial charge in [0, 0.05) is 29.1 Å². The van der Waals surface area contributed by atoms with Crippen LogP contribution in [0.3, 0.4) is 0 Å². The van der Waals surface area contributed by atoms with Gasteiger partial charge in [0.05, 0.1) is 12.3 Å². The van der Waals surface area contributed by atoms with Gasteiger partial charge in [0.1, 0.15) is 17.4 Å². The molecule has 0 saturated heterocycles. The molecule has 0 aliphatic carbocycles. The van der Waals surface area contributed by atoms with Crippen molar-refractivity contribution in [2.45, 2.75) is 20.4 Å². The fourth-order valence-corrected chi connectivity index (χ4v) is 3.34. The highest BCUT2D eigenvalue weighted by Crippen LogP contribution is 2.27. The third kappa shape index (κ3) is 5.03. The molecule has 162 valence electrons. The average Bonchev–Trinajstić information content (AvgIpc) is 2.81. The molecule has 0 bridgehead atoms. The quantitative estimate of drug-likeness (QED) is 0.343. The van der Waals surface area contributed by atoms with Gasteiger partial charge in [0.15, 0.2) is 5.82 Å². The zero-order chi connectivity index (χ0) is 22.3. The minimum Gasteiger partial charge on any atom is -0.494 e. The maximum absolute atomic E-state index is 14.3. The number of hydrogen-bond donors (Lipinski definition) is 2. The van der Waals surface area contributed by atoms with Crippen LogP contribution in [0.15, 0.2) is 78.9 Å². The standard InChI is InChI=1S/C26H25FN4O/c1-3-32-21-15-13-20(14-16-21)28-17-22-18(2)29-25(19-9-5-4-6-10-19)31-26(22)30-24-12-8-7-11-23(24)27/h4-16,28H,3,17H2,1-2H3,(H,29,30,31). The summed E-state index contributed by atoms with van der Waals surface area (Å²) >= 11 is 0. The highest BCUT2D eigenvalue weighted by Gasteiger charge is 2.15. The van der Waals surface area contributed by atoms with Crippen molar-refractivity contribution in [1.82, 2.24) is 9.97 Å². The lowest BCUT2D eigenvalue weighted by atomic mass is 10.1. The van der Waals surface area contributed by atoms with Crippen molar-refractivity contribution >= 4 is 17.2 Å². The highest BCUT2D eigenvalue weighted by atomic mass is 19.1. The lowest BCUT2D eigenvalue weighted by molar-refractivity contribution is 0.340. The minimum atomic E-state index is -0.338. The summed E-state index contributed by atoms with van der Waals surface area (Å²) in [6.07, 6.45) is 0. The van der Waals surface area contributed by atoms with Gasteiger partial charge >= 0.3 is 0 Å². The summed E-state index contributed by atoms with van der Waals surface area (Å²) in [6.45, 7) is 5.00. The minimum absolute atomic E-state index is 0.338. The largest absolute Gasteiger partial charge is 0.494 e. The van der Waals surface area contributed by atoms with Crippen molar-refractivity contribution < 1.29 is 9.13 Å². The van der Waals surface area contributed by atoms with Crippen LogP contribution in [0.1, 0.15) is 18.2 Å². The fraction of sp³-hybridized carbons (Fsp3) is 0.154. The van der Waals surface area contributed by atoms with Crippen molar-refractivity contribution in [2.24, 2.45) is 0 Å². The van der Waals surface area contributed by atoms with E-state index in [4.69, 9.17) is 14.7 Å². The van der Waals surface area contributed by atoms with Crippen molar-refractivity contribution in [3.8, 4) is 17.1 Å². The number of benzene rings is 3. The van der Waals surface area contributed by atoms with Gasteiger partial charge in [0.25, 0.3) is 0 Å². The Morgan fingerprint density at radius 2 is 1.59 bits per heavy atom. The van der Waals surface area contributed by atoms with E-state index in [0.29, 0.717) is 30.5 Å². The second-order valence-electron chi connectivity index (χ2n) is 7.24. The van der Waals surface area contributed by atoms with Gasteiger partial charge in [-0.1, -0.05) is 42.5 Å². The molecule has 0 atom stereocenters. The van der Waals surface area contributed by atoms with Crippen molar-refractivity contribution in [1.29, 1.82) is 0 Å². The Bertz CT molecular complexity index is 1180. The Morgan fingerprint density at radius 3 is 2.31 bits per heavy atom. The van der Waals surface area contributed by atoms with Crippen molar-refractivity contribution in [2.75, 3.05) is 17.2 Å². The molecule has 1 heterocycles. The van der Waals surface area contributed by atoms with Crippen LogP contribution in [0.25, 0.3) is 11.4 Å². The summed E-state index contributed by atoms with van der Waals surface area (Å²) < 4.78 is 19.9. The molecule has 3 aromatic carbocycles. The predicted octanol–water partition coefficient (Wildman–Crippen LogP) is 6.35. The Kier molecular flexibility index (Phi) is 6.60. The van der Waals surface area contributed by atoms with Crippen LogP contribution in [0, 0.1) is 12.7 Å². The molecule has 0 aliphatic rings. The Hall–Kier alpha value is -3.93. The van der Waals surface area contributed by atoms with E-state index in [9.17, 15) is 4.39 Å². The van der Waals surface area contributed by atoms with Crippen LogP contribution in [0.4, 0.5) is 21.6 Å². The number of rotatable bonds is 8. The van der Waals surface area contributed by atoms with Gasteiger partial charge in [-0.3, -0.25) is 0 Å². The van der Waals surface area contributed by atoms with E-state index in [1.165, 1.54) is 6.07 Å². The molecule has 4 aromatic rings. The molecule has 0 spiro atoms. The zero-order valence-electron chi connectivity index (χ0n) is 18.1. The van der Waals surface area contributed by atoms with Crippen LogP contribution in [-0.2, 0) is 6.54 Å². The number of aromatic nitrogens is 2. The maximum atomic E-state index is 14.3. The third-order valence-corrected chi connectivity index (χ3v) is 5.01. The molecule has 1 aromatic heterocycles. The van der Waals surface area contributed by atoms with E-state index in [1.54, 1.807) is 18.2 Å². The van der Waals surface area contributed by atoms with E-state index in [-0.39, 0.29) is 5.82 Å². The highest BCUT2D eigenvalue weighted by molar-refractivity contribution is 5.65. The summed E-state index contributed by atoms with van der Waals surface area (Å²) in [5, 5.41) is 6.57. The molecule has 32 heavy (non-hydrogen) atoms. The Balaban J connectivity index is 1.65. The van der Waals surface area contributed by atoms with Gasteiger partial charge in [-0.05, 0) is 50.2 Å². The summed E-state index contributed by atoms with van der Waals surface area (Å²) in [4.78, 5) is 9.46. The number of nitrogens with one attached hydrogen (secondary N) is 2. The first-order valence-corrected chi connectivity index (χ1v) is 10.5. The van der Waals surface area contributed by atoms with Gasteiger partial charge in [-0.2, -0.15) is 0 Å². The summed E-state index contributed by atoms with van der Waals surface area (Å²) in [5.74, 6) is 1.65. The molecule has 0 fully saturated rings. The molecule has 0 radical (unpaired) electrons. The number of halogens is 1. The van der Waals surface area contributed by atoms with Crippen LogP contribution in [0.2, 0.25) is 0 Å². The number of aryl methyl sites for hydroxylation is 1. The second-order valence-corrected chi connectivity index (χ2v) is 7.24. The molecular weight excluding hydrogens is 403 g/mol. The Morgan fingerprint density at radius 1 is 0.875 bits per heavy atom. The average molecular weight is 429 g/mol. The van der Waals surface area contributed by atoms with Gasteiger partial charge in [-0.25, -0.2) is 14.4 Å². The maximum Gasteiger partial charge on any atom is 0.161 e. The molecule has 2 N–H and O–H groups in total. The van der Waals surface area contributed by atoms with Gasteiger partial charge in [-0.15, -0.1) is 0 Å². The molecule has 4 rings (SSSR count). The SMILES string of the molecule is CCOc1ccc(NCc2c(C)nc(-c3ccccc3)nc2Nc2ccccc2F)cc1. The van der Waals surface area contributed by atoms with Gasteiger partial charge < -0.3 is 15.4 Å². The number of hydrogen-bond acceptors (Lipinski definition) is 5. The van der Waals surface area contributed by atoms with E-state index in [0.717, 1.165) is 28.3 Å². The first-order chi connectivity index (χ1) is 15.6. The van der Waals surface area contributed by atoms with Crippen LogP contribution < -0.4 is 15.4 Å². The number of ether oxygens (including phenoxy) is 1. The molecule has 0 aliphatic heterocycles. The van der Waals surface area contributed by atoms with E-state index in [1.807, 2.05) is 68.4 Å². The molecule has 0 amide bonds. The second kappa shape index (κ2) is 9.92. The zero-order valence-corrected chi connectivity index (χ0v) is 18.1. The van der Waals surface area contributed by atoms with Crippen LogP contribution >= 0.6 is 0 Å². The Labute approximate surface area is 187 Å². The van der Waals surface area contributed by atoms with Crippen molar-refractivity contribution in [3.05, 3.63) is 95.9 Å². The summed E-state index contributed by atoms with van der Waals surface area (Å²) in [5.41, 5.74) is 3.89. The molecule has 0 unspecified atom stereocenters. The van der Waals surface area contributed by atoms with Crippen LogP contribution in [0.5, 0.6) is 5.75 Å². The summed E-state index contributed by atoms with van der Waals surface area (Å²) in [6, 6.07) is 24.1. The van der Waals surface area contributed by atoms with E-state index in [2.05, 4.69) is 10.6 Å². The van der Waals surface area contributed by atoms with Crippen LogP contribution in [-0.4, -0.2) is 16.6 Å². The summed E-state index contributed by atoms with van der Waals surface area (Å²) in [7, 11) is 0. The molecular formula is C26H25FN4O. The topological polar surface area (TPSA) is 59.1 Å². The van der Waals surface area contributed by atoms with Crippen molar-refractivity contribution in [3.63, 3.8) is 0 Å². The predicted molar refractivity (Wildman–Crippen MR) is 127 cm³/mol. The lowest BCUT2D eigenvalue weighted by Gasteiger charge is -2.17. The van der Waals surface area contributed by atoms with Gasteiger partial charge in [0.2, 0.25) is 0 Å². The first-order valence-electron chi connectivity index (χ1n) is 10.5. The number of para-hydroxylation sites is 1. The normalized spacial score (nSPS) is 10.6. The first kappa shape index (κ1) is 21.3.